The van der Waals surface area contributed by atoms with E-state index < -0.39 is 12.1 Å². The highest BCUT2D eigenvalue weighted by molar-refractivity contribution is 5.80. The second-order valence-corrected chi connectivity index (χ2v) is 4.19. The first-order chi connectivity index (χ1) is 7.93. The maximum absolute atomic E-state index is 11.9. The van der Waals surface area contributed by atoms with E-state index in [1.165, 1.54) is 11.9 Å². The normalized spacial score (nSPS) is 24.5. The predicted octanol–water partition coefficient (Wildman–Crippen LogP) is -0.796. The summed E-state index contributed by atoms with van der Waals surface area (Å²) in [4.78, 5) is 25.0. The van der Waals surface area contributed by atoms with Gasteiger partial charge in [0.05, 0.1) is 25.4 Å². The lowest BCUT2D eigenvalue weighted by Gasteiger charge is -2.37. The zero-order valence-electron chi connectivity index (χ0n) is 10.00. The molecule has 1 aliphatic rings. The van der Waals surface area contributed by atoms with Crippen molar-refractivity contribution in [3.8, 4) is 0 Å². The van der Waals surface area contributed by atoms with Crippen molar-refractivity contribution in [2.24, 2.45) is 0 Å². The Labute approximate surface area is 99.6 Å². The molecule has 0 bridgehead atoms. The number of carbonyl (C=O) groups excluding carboxylic acids is 1. The molecule has 7 heteroatoms. The van der Waals surface area contributed by atoms with Crippen LogP contribution in [-0.2, 0) is 9.53 Å². The van der Waals surface area contributed by atoms with Crippen LogP contribution >= 0.6 is 0 Å². The van der Waals surface area contributed by atoms with E-state index in [0.29, 0.717) is 6.54 Å². The van der Waals surface area contributed by atoms with Gasteiger partial charge in [0, 0.05) is 13.6 Å². The van der Waals surface area contributed by atoms with Gasteiger partial charge in [-0.25, -0.2) is 4.79 Å². The number of aliphatic hydroxyl groups excluding tert-OH is 1. The van der Waals surface area contributed by atoms with Gasteiger partial charge in [-0.2, -0.15) is 0 Å². The Kier molecular flexibility index (Phi) is 4.71. The molecule has 0 spiro atoms. The third-order valence-electron chi connectivity index (χ3n) is 2.50. The van der Waals surface area contributed by atoms with Crippen LogP contribution < -0.4 is 0 Å². The molecule has 0 radical (unpaired) electrons. The number of hydrogen-bond acceptors (Lipinski definition) is 4. The van der Waals surface area contributed by atoms with Gasteiger partial charge >= 0.3 is 12.0 Å². The Bertz CT molecular complexity index is 296. The Hall–Kier alpha value is -1.34. The van der Waals surface area contributed by atoms with E-state index >= 15 is 0 Å². The molecule has 7 nitrogen and oxygen atoms in total. The molecule has 1 aliphatic heterocycles. The number of likely N-dealkylation sites (N-methyl/N-ethyl adjacent to an activating group) is 1. The summed E-state index contributed by atoms with van der Waals surface area (Å²) in [6.07, 6.45) is -0.566. The van der Waals surface area contributed by atoms with Crippen molar-refractivity contribution in [2.45, 2.75) is 19.1 Å². The van der Waals surface area contributed by atoms with Crippen molar-refractivity contribution in [1.82, 2.24) is 9.80 Å². The highest BCUT2D eigenvalue weighted by Gasteiger charge is 2.29. The number of carboxylic acid groups (broad SMARTS) is 1. The maximum atomic E-state index is 11.9. The molecule has 1 rings (SSSR count). The fraction of sp³-hybridized carbons (Fsp3) is 0.800. The topological polar surface area (TPSA) is 90.3 Å². The first-order valence-corrected chi connectivity index (χ1v) is 5.42. The molecule has 2 amide bonds. The quantitative estimate of drug-likeness (QED) is 0.680. The molecule has 1 saturated heterocycles. The zero-order valence-corrected chi connectivity index (χ0v) is 10.00. The summed E-state index contributed by atoms with van der Waals surface area (Å²) < 4.78 is 5.40. The third-order valence-corrected chi connectivity index (χ3v) is 2.50. The van der Waals surface area contributed by atoms with E-state index in [9.17, 15) is 9.59 Å². The van der Waals surface area contributed by atoms with E-state index in [1.807, 2.05) is 0 Å². The van der Waals surface area contributed by atoms with Gasteiger partial charge in [0.1, 0.15) is 6.54 Å². The van der Waals surface area contributed by atoms with Gasteiger partial charge in [-0.3, -0.25) is 4.79 Å². The lowest BCUT2D eigenvalue weighted by molar-refractivity contribution is -0.137. The highest BCUT2D eigenvalue weighted by Crippen LogP contribution is 2.12. The number of carboxylic acids is 1. The Morgan fingerprint density at radius 2 is 2.12 bits per heavy atom. The molecule has 98 valence electrons. The van der Waals surface area contributed by atoms with E-state index in [2.05, 4.69) is 0 Å². The molecule has 2 atom stereocenters. The minimum Gasteiger partial charge on any atom is -0.480 e. The van der Waals surface area contributed by atoms with Gasteiger partial charge in [0.2, 0.25) is 0 Å². The molecular weight excluding hydrogens is 228 g/mol. The number of ether oxygens (including phenoxy) is 1. The molecule has 2 unspecified atom stereocenters. The number of nitrogens with zero attached hydrogens (tertiary/aromatic N) is 2. The summed E-state index contributed by atoms with van der Waals surface area (Å²) in [5, 5.41) is 17.6. The molecule has 0 aromatic rings. The fourth-order valence-corrected chi connectivity index (χ4v) is 1.81. The maximum Gasteiger partial charge on any atom is 0.323 e. The standard InChI is InChI=1S/C10H18N2O5/c1-7-3-12(4-8(6-13)17-7)10(16)11(2)5-9(14)15/h7-8,13H,3-6H2,1-2H3,(H,14,15). The molecule has 17 heavy (non-hydrogen) atoms. The van der Waals surface area contributed by atoms with Gasteiger partial charge in [0.15, 0.2) is 0 Å². The van der Waals surface area contributed by atoms with Crippen molar-refractivity contribution < 1.29 is 24.5 Å². The molecular formula is C10H18N2O5. The molecule has 1 heterocycles. The summed E-state index contributed by atoms with van der Waals surface area (Å²) in [6, 6.07) is -0.360. The van der Waals surface area contributed by atoms with Gasteiger partial charge in [-0.15, -0.1) is 0 Å². The predicted molar refractivity (Wildman–Crippen MR) is 58.7 cm³/mol. The number of rotatable bonds is 3. The van der Waals surface area contributed by atoms with Crippen molar-refractivity contribution in [3.05, 3.63) is 0 Å². The Morgan fingerprint density at radius 1 is 1.47 bits per heavy atom. The van der Waals surface area contributed by atoms with Crippen LogP contribution in [-0.4, -0.2) is 77.5 Å². The number of aliphatic carboxylic acids is 1. The van der Waals surface area contributed by atoms with Gasteiger partial charge in [-0.05, 0) is 6.92 Å². The van der Waals surface area contributed by atoms with Crippen LogP contribution in [0.4, 0.5) is 4.79 Å². The Balaban J connectivity index is 2.58. The van der Waals surface area contributed by atoms with Gasteiger partial charge in [-0.1, -0.05) is 0 Å². The molecule has 0 saturated carbocycles. The van der Waals surface area contributed by atoms with Crippen LogP contribution in [0.3, 0.4) is 0 Å². The van der Waals surface area contributed by atoms with Crippen LogP contribution in [0.2, 0.25) is 0 Å². The zero-order chi connectivity index (χ0) is 13.0. The summed E-state index contributed by atoms with van der Waals surface area (Å²) >= 11 is 0. The van der Waals surface area contributed by atoms with Crippen LogP contribution in [0.5, 0.6) is 0 Å². The average Bonchev–Trinajstić information content (AvgIpc) is 2.26. The summed E-state index contributed by atoms with van der Waals surface area (Å²) in [6.45, 7) is 1.99. The van der Waals surface area contributed by atoms with Crippen molar-refractivity contribution >= 4 is 12.0 Å². The van der Waals surface area contributed by atoms with Crippen LogP contribution in [0, 0.1) is 0 Å². The lowest BCUT2D eigenvalue weighted by Crippen LogP contribution is -2.54. The van der Waals surface area contributed by atoms with E-state index in [0.717, 1.165) is 4.90 Å². The van der Waals surface area contributed by atoms with Crippen LogP contribution in [0.15, 0.2) is 0 Å². The number of urea groups is 1. The number of aliphatic hydroxyl groups is 1. The van der Waals surface area contributed by atoms with Gasteiger partial charge < -0.3 is 24.7 Å². The van der Waals surface area contributed by atoms with Crippen molar-refractivity contribution in [2.75, 3.05) is 33.3 Å². The first-order valence-electron chi connectivity index (χ1n) is 5.42. The number of morpholine rings is 1. The van der Waals surface area contributed by atoms with Crippen LogP contribution in [0.25, 0.3) is 0 Å². The SMILES string of the molecule is CC1CN(C(=O)N(C)CC(=O)O)CC(CO)O1. The molecule has 1 fully saturated rings. The second-order valence-electron chi connectivity index (χ2n) is 4.19. The summed E-state index contributed by atoms with van der Waals surface area (Å²) in [7, 11) is 1.44. The molecule has 0 aromatic carbocycles. The number of carbonyl (C=O) groups is 2. The van der Waals surface area contributed by atoms with E-state index in [-0.39, 0.29) is 31.8 Å². The smallest absolute Gasteiger partial charge is 0.323 e. The fourth-order valence-electron chi connectivity index (χ4n) is 1.81. The Morgan fingerprint density at radius 3 is 2.65 bits per heavy atom. The number of hydrogen-bond donors (Lipinski definition) is 2. The number of amides is 2. The van der Waals surface area contributed by atoms with Crippen LogP contribution in [0.1, 0.15) is 6.92 Å². The molecule has 0 aromatic heterocycles. The minimum absolute atomic E-state index is 0.156. The average molecular weight is 246 g/mol. The second kappa shape index (κ2) is 5.83. The first kappa shape index (κ1) is 13.7. The summed E-state index contributed by atoms with van der Waals surface area (Å²) in [5.74, 6) is -1.05. The van der Waals surface area contributed by atoms with E-state index in [1.54, 1.807) is 6.92 Å². The van der Waals surface area contributed by atoms with Crippen molar-refractivity contribution in [1.29, 1.82) is 0 Å². The molecule has 0 aliphatic carbocycles. The van der Waals surface area contributed by atoms with E-state index in [4.69, 9.17) is 14.9 Å². The largest absolute Gasteiger partial charge is 0.480 e. The third kappa shape index (κ3) is 3.86. The van der Waals surface area contributed by atoms with Crippen molar-refractivity contribution in [3.63, 3.8) is 0 Å². The highest BCUT2D eigenvalue weighted by atomic mass is 16.5. The lowest BCUT2D eigenvalue weighted by atomic mass is 10.2. The molecule has 2 N–H and O–H groups in total. The summed E-state index contributed by atoms with van der Waals surface area (Å²) in [5.41, 5.74) is 0. The van der Waals surface area contributed by atoms with Gasteiger partial charge in [0.25, 0.3) is 0 Å². The minimum atomic E-state index is -1.05. The monoisotopic (exact) mass is 246 g/mol.